The number of hydrogen-bond acceptors (Lipinski definition) is 4. The Morgan fingerprint density at radius 3 is 2.59 bits per heavy atom. The summed E-state index contributed by atoms with van der Waals surface area (Å²) in [5.74, 6) is 0.200. The molecule has 0 aliphatic carbocycles. The predicted molar refractivity (Wildman–Crippen MR) is 110 cm³/mol. The molecule has 1 N–H and O–H groups in total. The van der Waals surface area contributed by atoms with Crippen LogP contribution in [0.2, 0.25) is 10.0 Å². The van der Waals surface area contributed by atoms with E-state index in [1.165, 1.54) is 0 Å². The number of benzene rings is 2. The van der Waals surface area contributed by atoms with Crippen LogP contribution in [0.15, 0.2) is 53.5 Å². The molecule has 0 fully saturated rings. The number of aliphatic imine (C=N–C) groups is 1. The number of amides is 1. The number of pyridine rings is 1. The summed E-state index contributed by atoms with van der Waals surface area (Å²) in [6.07, 6.45) is 0. The fraction of sp³-hybridized carbons (Fsp3) is 0.150. The van der Waals surface area contributed by atoms with Gasteiger partial charge in [0.25, 0.3) is 5.91 Å². The van der Waals surface area contributed by atoms with Gasteiger partial charge in [-0.1, -0.05) is 47.5 Å². The standard InChI is InChI=1S/C20H16Cl2N4O/c1-12-4-2-7-16-13(12)8-9-17(24-16)19(27)26-11-10-23-20(26)25-18-14(21)5-3-6-15(18)22/h2-9H,10-11H2,1H3,(H,23,25). The lowest BCUT2D eigenvalue weighted by Gasteiger charge is -2.20. The molecule has 2 aromatic carbocycles. The van der Waals surface area contributed by atoms with Gasteiger partial charge in [-0.25, -0.2) is 4.98 Å². The topological polar surface area (TPSA) is 57.6 Å². The van der Waals surface area contributed by atoms with Crippen LogP contribution in [0.3, 0.4) is 0 Å². The smallest absolute Gasteiger partial charge is 0.279 e. The third kappa shape index (κ3) is 3.36. The van der Waals surface area contributed by atoms with E-state index in [2.05, 4.69) is 15.3 Å². The summed E-state index contributed by atoms with van der Waals surface area (Å²) in [4.78, 5) is 23.5. The van der Waals surface area contributed by atoms with Crippen LogP contribution in [0.25, 0.3) is 10.9 Å². The van der Waals surface area contributed by atoms with Crippen LogP contribution in [0, 0.1) is 6.92 Å². The molecule has 0 atom stereocenters. The van der Waals surface area contributed by atoms with Gasteiger partial charge in [-0.15, -0.1) is 0 Å². The monoisotopic (exact) mass is 398 g/mol. The highest BCUT2D eigenvalue weighted by atomic mass is 35.5. The third-order valence-electron chi connectivity index (χ3n) is 4.45. The molecule has 4 rings (SSSR count). The number of rotatable bonds is 2. The van der Waals surface area contributed by atoms with E-state index < -0.39 is 0 Å². The molecule has 0 saturated carbocycles. The molecule has 0 radical (unpaired) electrons. The van der Waals surface area contributed by atoms with Gasteiger partial charge in [-0.2, -0.15) is 0 Å². The molecule has 1 aliphatic heterocycles. The Morgan fingerprint density at radius 2 is 1.81 bits per heavy atom. The number of hydrogen-bond donors (Lipinski definition) is 1. The Bertz CT molecular complexity index is 1060. The molecule has 0 unspecified atom stereocenters. The molecule has 1 amide bonds. The predicted octanol–water partition coefficient (Wildman–Crippen LogP) is 4.77. The molecule has 136 valence electrons. The van der Waals surface area contributed by atoms with E-state index in [0.717, 1.165) is 16.5 Å². The van der Waals surface area contributed by atoms with Crippen LogP contribution in [0.1, 0.15) is 16.1 Å². The maximum atomic E-state index is 13.0. The molecule has 2 heterocycles. The van der Waals surface area contributed by atoms with Crippen molar-refractivity contribution in [1.82, 2.24) is 9.88 Å². The summed E-state index contributed by atoms with van der Waals surface area (Å²) in [7, 11) is 0. The number of nitrogens with one attached hydrogen (secondary N) is 1. The molecule has 5 nitrogen and oxygen atoms in total. The van der Waals surface area contributed by atoms with Crippen molar-refractivity contribution in [1.29, 1.82) is 0 Å². The Kier molecular flexibility index (Phi) is 4.72. The lowest BCUT2D eigenvalue weighted by molar-refractivity contribution is 0.0852. The van der Waals surface area contributed by atoms with Gasteiger partial charge in [0.05, 0.1) is 27.8 Å². The van der Waals surface area contributed by atoms with E-state index in [1.54, 1.807) is 29.2 Å². The molecule has 27 heavy (non-hydrogen) atoms. The number of nitrogens with zero attached hydrogens (tertiary/aromatic N) is 3. The Hall–Kier alpha value is -2.63. The second-order valence-corrected chi connectivity index (χ2v) is 7.04. The highest BCUT2D eigenvalue weighted by molar-refractivity contribution is 6.40. The lowest BCUT2D eigenvalue weighted by Crippen LogP contribution is -2.38. The Labute approximate surface area is 166 Å². The number of para-hydroxylation sites is 1. The van der Waals surface area contributed by atoms with Crippen molar-refractivity contribution in [3.8, 4) is 0 Å². The average Bonchev–Trinajstić information content (AvgIpc) is 3.12. The van der Waals surface area contributed by atoms with Crippen molar-refractivity contribution in [2.24, 2.45) is 4.99 Å². The van der Waals surface area contributed by atoms with Crippen LogP contribution in [0.4, 0.5) is 5.69 Å². The molecule has 0 saturated heterocycles. The first-order valence-corrected chi connectivity index (χ1v) is 9.24. The van der Waals surface area contributed by atoms with Gasteiger partial charge in [0, 0.05) is 11.9 Å². The number of aryl methyl sites for hydroxylation is 1. The highest BCUT2D eigenvalue weighted by Gasteiger charge is 2.27. The van der Waals surface area contributed by atoms with Crippen LogP contribution in [-0.2, 0) is 0 Å². The first-order valence-electron chi connectivity index (χ1n) is 8.48. The van der Waals surface area contributed by atoms with Crippen LogP contribution in [-0.4, -0.2) is 34.8 Å². The van der Waals surface area contributed by atoms with Crippen molar-refractivity contribution >= 4 is 51.7 Å². The van der Waals surface area contributed by atoms with Crippen molar-refractivity contribution in [2.45, 2.75) is 6.92 Å². The van der Waals surface area contributed by atoms with Crippen molar-refractivity contribution in [2.75, 3.05) is 18.4 Å². The van der Waals surface area contributed by atoms with Crippen LogP contribution < -0.4 is 5.32 Å². The molecule has 7 heteroatoms. The maximum Gasteiger partial charge on any atom is 0.279 e. The summed E-state index contributed by atoms with van der Waals surface area (Å²) >= 11 is 12.4. The summed E-state index contributed by atoms with van der Waals surface area (Å²) in [6, 6.07) is 14.7. The zero-order chi connectivity index (χ0) is 19.0. The highest BCUT2D eigenvalue weighted by Crippen LogP contribution is 2.30. The number of carbonyl (C=O) groups is 1. The van der Waals surface area contributed by atoms with E-state index in [1.807, 2.05) is 31.2 Å². The fourth-order valence-corrected chi connectivity index (χ4v) is 3.54. The molecule has 0 spiro atoms. The first-order chi connectivity index (χ1) is 13.0. The van der Waals surface area contributed by atoms with Crippen molar-refractivity contribution in [3.05, 3.63) is 69.8 Å². The minimum atomic E-state index is -0.217. The van der Waals surface area contributed by atoms with E-state index in [4.69, 9.17) is 23.2 Å². The number of anilines is 1. The number of fused-ring (bicyclic) bond motifs is 1. The van der Waals surface area contributed by atoms with Crippen molar-refractivity contribution in [3.63, 3.8) is 0 Å². The van der Waals surface area contributed by atoms with Gasteiger partial charge in [-0.05, 0) is 36.8 Å². The van der Waals surface area contributed by atoms with E-state index in [-0.39, 0.29) is 5.91 Å². The summed E-state index contributed by atoms with van der Waals surface area (Å²) < 4.78 is 0. The van der Waals surface area contributed by atoms with Crippen LogP contribution in [0.5, 0.6) is 0 Å². The maximum absolute atomic E-state index is 13.0. The number of guanidine groups is 1. The Morgan fingerprint density at radius 1 is 1.07 bits per heavy atom. The fourth-order valence-electron chi connectivity index (χ4n) is 3.05. The van der Waals surface area contributed by atoms with Gasteiger partial charge < -0.3 is 5.32 Å². The molecular formula is C20H16Cl2N4O. The van der Waals surface area contributed by atoms with Gasteiger partial charge in [0.15, 0.2) is 0 Å². The minimum Gasteiger partial charge on any atom is -0.323 e. The lowest BCUT2D eigenvalue weighted by atomic mass is 10.1. The van der Waals surface area contributed by atoms with Gasteiger partial charge in [0.1, 0.15) is 5.69 Å². The summed E-state index contributed by atoms with van der Waals surface area (Å²) in [5.41, 5.74) is 2.81. The Balaban J connectivity index is 1.63. The molecule has 3 aromatic rings. The van der Waals surface area contributed by atoms with Crippen LogP contribution >= 0.6 is 23.2 Å². The van der Waals surface area contributed by atoms with Gasteiger partial charge >= 0.3 is 0 Å². The zero-order valence-corrected chi connectivity index (χ0v) is 16.1. The van der Waals surface area contributed by atoms with E-state index in [0.29, 0.717) is 40.5 Å². The summed E-state index contributed by atoms with van der Waals surface area (Å²) in [5, 5.41) is 5.04. The normalized spacial score (nSPS) is 13.7. The molecule has 0 bridgehead atoms. The average molecular weight is 399 g/mol. The largest absolute Gasteiger partial charge is 0.323 e. The second-order valence-electron chi connectivity index (χ2n) is 6.22. The van der Waals surface area contributed by atoms with E-state index in [9.17, 15) is 4.79 Å². The third-order valence-corrected chi connectivity index (χ3v) is 5.08. The zero-order valence-electron chi connectivity index (χ0n) is 14.5. The number of halogens is 2. The molecule has 1 aliphatic rings. The van der Waals surface area contributed by atoms with Crippen molar-refractivity contribution < 1.29 is 4.79 Å². The quantitative estimate of drug-likeness (QED) is 0.675. The molecular weight excluding hydrogens is 383 g/mol. The minimum absolute atomic E-state index is 0.217. The number of carbonyl (C=O) groups excluding carboxylic acids is 1. The van der Waals surface area contributed by atoms with Gasteiger partial charge in [0.2, 0.25) is 5.96 Å². The second kappa shape index (κ2) is 7.18. The van der Waals surface area contributed by atoms with Gasteiger partial charge in [-0.3, -0.25) is 14.7 Å². The van der Waals surface area contributed by atoms with E-state index >= 15 is 0 Å². The first kappa shape index (κ1) is 17.8. The number of aromatic nitrogens is 1. The SMILES string of the molecule is Cc1cccc2nc(C(=O)N3CCN=C3Nc3c(Cl)cccc3Cl)ccc12. The molecule has 1 aromatic heterocycles. The summed E-state index contributed by atoms with van der Waals surface area (Å²) in [6.45, 7) is 2.99.